The summed E-state index contributed by atoms with van der Waals surface area (Å²) in [4.78, 5) is 0. The van der Waals surface area contributed by atoms with Crippen LogP contribution in [0.4, 0.5) is 0 Å². The van der Waals surface area contributed by atoms with E-state index >= 15 is 0 Å². The molecule has 98 valence electrons. The van der Waals surface area contributed by atoms with Crippen LogP contribution in [-0.2, 0) is 0 Å². The van der Waals surface area contributed by atoms with Crippen molar-refractivity contribution in [2.75, 3.05) is 0 Å². The summed E-state index contributed by atoms with van der Waals surface area (Å²) in [5, 5.41) is 30.6. The van der Waals surface area contributed by atoms with Crippen LogP contribution in [0.1, 0.15) is 23.1 Å². The summed E-state index contributed by atoms with van der Waals surface area (Å²) in [6.45, 7) is 0. The van der Waals surface area contributed by atoms with Gasteiger partial charge in [0.15, 0.2) is 0 Å². The van der Waals surface area contributed by atoms with E-state index < -0.39 is 18.0 Å². The zero-order valence-electron chi connectivity index (χ0n) is 10.1. The third-order valence-electron chi connectivity index (χ3n) is 3.38. The van der Waals surface area contributed by atoms with Crippen LogP contribution in [0.3, 0.4) is 0 Å². The molecule has 0 spiro atoms. The molecule has 0 aliphatic carbocycles. The lowest BCUT2D eigenvalue weighted by Crippen LogP contribution is -2.47. The van der Waals surface area contributed by atoms with Crippen molar-refractivity contribution < 1.29 is 20.1 Å². The van der Waals surface area contributed by atoms with Crippen LogP contribution in [0.25, 0.3) is 0 Å². The topological polar surface area (TPSA) is 69.9 Å². The van der Waals surface area contributed by atoms with Crippen LogP contribution in [0.2, 0.25) is 0 Å². The van der Waals surface area contributed by atoms with E-state index in [0.29, 0.717) is 11.1 Å². The minimum absolute atomic E-state index is 0.284. The van der Waals surface area contributed by atoms with Crippen LogP contribution in [0.15, 0.2) is 54.6 Å². The van der Waals surface area contributed by atoms with E-state index in [0.717, 1.165) is 0 Å². The third kappa shape index (κ3) is 2.00. The molecule has 0 bridgehead atoms. The van der Waals surface area contributed by atoms with Gasteiger partial charge in [-0.2, -0.15) is 0 Å². The molecule has 0 fully saturated rings. The molecule has 1 aliphatic heterocycles. The first-order valence-corrected chi connectivity index (χ1v) is 6.05. The maximum Gasteiger partial charge on any atom is 0.332 e. The van der Waals surface area contributed by atoms with Gasteiger partial charge in [-0.05, 0) is 11.6 Å². The zero-order chi connectivity index (χ0) is 13.5. The van der Waals surface area contributed by atoms with Crippen molar-refractivity contribution in [3.63, 3.8) is 0 Å². The van der Waals surface area contributed by atoms with Crippen LogP contribution < -0.4 is 4.74 Å². The number of hydrogen-bond donors (Lipinski definition) is 3. The number of benzene rings is 2. The maximum absolute atomic E-state index is 10.4. The van der Waals surface area contributed by atoms with E-state index in [-0.39, 0.29) is 5.75 Å². The summed E-state index contributed by atoms with van der Waals surface area (Å²) in [6, 6.07) is 15.6. The highest BCUT2D eigenvalue weighted by atomic mass is 16.8. The highest BCUT2D eigenvalue weighted by Crippen LogP contribution is 2.46. The van der Waals surface area contributed by atoms with E-state index in [1.165, 1.54) is 0 Å². The molecule has 2 aromatic rings. The Morgan fingerprint density at radius 3 is 2.26 bits per heavy atom. The lowest BCUT2D eigenvalue weighted by molar-refractivity contribution is -0.325. The Hall–Kier alpha value is -1.88. The number of ether oxygens (including phenoxy) is 1. The molecule has 3 N–H and O–H groups in total. The Balaban J connectivity index is 2.10. The standard InChI is InChI=1S/C15H14O4/c16-14-11-8-4-5-9-12(11)19-15(17,18)13(14)10-6-2-1-3-7-10/h1-9,13-14,16-18H. The molecule has 0 aromatic heterocycles. The largest absolute Gasteiger partial charge is 0.438 e. The molecule has 4 heteroatoms. The SMILES string of the molecule is OC1c2ccccc2OC(O)(O)C1c1ccccc1. The molecule has 0 radical (unpaired) electrons. The number of fused-ring (bicyclic) bond motifs is 1. The Bertz CT molecular complexity index is 580. The van der Waals surface area contributed by atoms with Gasteiger partial charge in [0.2, 0.25) is 0 Å². The smallest absolute Gasteiger partial charge is 0.332 e. The van der Waals surface area contributed by atoms with Crippen molar-refractivity contribution in [3.8, 4) is 5.75 Å². The molecule has 1 heterocycles. The Morgan fingerprint density at radius 2 is 1.53 bits per heavy atom. The average molecular weight is 258 g/mol. The molecule has 1 aliphatic rings. The van der Waals surface area contributed by atoms with Gasteiger partial charge in [0.05, 0.1) is 6.10 Å². The van der Waals surface area contributed by atoms with Gasteiger partial charge in [-0.3, -0.25) is 0 Å². The monoisotopic (exact) mass is 258 g/mol. The minimum Gasteiger partial charge on any atom is -0.438 e. The molecule has 3 rings (SSSR count). The zero-order valence-corrected chi connectivity index (χ0v) is 10.1. The van der Waals surface area contributed by atoms with Gasteiger partial charge >= 0.3 is 5.97 Å². The Morgan fingerprint density at radius 1 is 0.895 bits per heavy atom. The molecule has 19 heavy (non-hydrogen) atoms. The summed E-state index contributed by atoms with van der Waals surface area (Å²) in [7, 11) is 0. The fourth-order valence-corrected chi connectivity index (χ4v) is 2.49. The fraction of sp³-hybridized carbons (Fsp3) is 0.200. The summed E-state index contributed by atoms with van der Waals surface area (Å²) in [5.41, 5.74) is 1.16. The average Bonchev–Trinajstić information content (AvgIpc) is 2.39. The first-order valence-electron chi connectivity index (χ1n) is 6.05. The van der Waals surface area contributed by atoms with Gasteiger partial charge in [0, 0.05) is 5.56 Å². The second-order valence-electron chi connectivity index (χ2n) is 4.63. The highest BCUT2D eigenvalue weighted by Gasteiger charge is 2.48. The van der Waals surface area contributed by atoms with E-state index in [1.807, 2.05) is 6.07 Å². The van der Waals surface area contributed by atoms with E-state index in [1.54, 1.807) is 48.5 Å². The van der Waals surface area contributed by atoms with Crippen molar-refractivity contribution >= 4 is 0 Å². The first kappa shape index (κ1) is 12.2. The first-order chi connectivity index (χ1) is 9.09. The molecule has 0 amide bonds. The molecule has 2 unspecified atom stereocenters. The molecule has 2 aromatic carbocycles. The van der Waals surface area contributed by atoms with Crippen molar-refractivity contribution in [2.24, 2.45) is 0 Å². The van der Waals surface area contributed by atoms with Gasteiger partial charge in [0.1, 0.15) is 11.7 Å². The number of hydrogen-bond acceptors (Lipinski definition) is 4. The predicted octanol–water partition coefficient (Wildman–Crippen LogP) is 1.53. The van der Waals surface area contributed by atoms with Crippen molar-refractivity contribution in [3.05, 3.63) is 65.7 Å². The van der Waals surface area contributed by atoms with Gasteiger partial charge in [-0.1, -0.05) is 48.5 Å². The van der Waals surface area contributed by atoms with Crippen LogP contribution in [-0.4, -0.2) is 21.3 Å². The number of para-hydroxylation sites is 1. The second kappa shape index (κ2) is 4.35. The van der Waals surface area contributed by atoms with Gasteiger partial charge in [-0.15, -0.1) is 0 Å². The van der Waals surface area contributed by atoms with Crippen LogP contribution >= 0.6 is 0 Å². The Kier molecular flexibility index (Phi) is 2.78. The van der Waals surface area contributed by atoms with Crippen molar-refractivity contribution in [1.29, 1.82) is 0 Å². The summed E-state index contributed by atoms with van der Waals surface area (Å²) < 4.78 is 5.21. The van der Waals surface area contributed by atoms with Crippen LogP contribution in [0.5, 0.6) is 5.75 Å². The summed E-state index contributed by atoms with van der Waals surface area (Å²) in [5.74, 6) is -3.11. The molecule has 4 nitrogen and oxygen atoms in total. The second-order valence-corrected chi connectivity index (χ2v) is 4.63. The highest BCUT2D eigenvalue weighted by molar-refractivity contribution is 5.41. The van der Waals surface area contributed by atoms with Gasteiger partial charge in [-0.25, -0.2) is 0 Å². The fourth-order valence-electron chi connectivity index (χ4n) is 2.49. The maximum atomic E-state index is 10.4. The van der Waals surface area contributed by atoms with E-state index in [4.69, 9.17) is 4.74 Å². The number of rotatable bonds is 1. The molecule has 0 saturated heterocycles. The number of aliphatic hydroxyl groups is 3. The summed E-state index contributed by atoms with van der Waals surface area (Å²) in [6.07, 6.45) is -1.04. The predicted molar refractivity (Wildman–Crippen MR) is 68.4 cm³/mol. The van der Waals surface area contributed by atoms with Crippen molar-refractivity contribution in [1.82, 2.24) is 0 Å². The minimum atomic E-state index is -2.44. The summed E-state index contributed by atoms with van der Waals surface area (Å²) >= 11 is 0. The third-order valence-corrected chi connectivity index (χ3v) is 3.38. The Labute approximate surface area is 110 Å². The number of aliphatic hydroxyl groups excluding tert-OH is 1. The van der Waals surface area contributed by atoms with E-state index in [2.05, 4.69) is 0 Å². The normalized spacial score (nSPS) is 24.4. The van der Waals surface area contributed by atoms with Crippen molar-refractivity contribution in [2.45, 2.75) is 18.0 Å². The molecule has 2 atom stereocenters. The molecule has 0 saturated carbocycles. The lowest BCUT2D eigenvalue weighted by Gasteiger charge is -2.39. The van der Waals surface area contributed by atoms with Gasteiger partial charge in [0.25, 0.3) is 0 Å². The lowest BCUT2D eigenvalue weighted by atomic mass is 9.85. The van der Waals surface area contributed by atoms with E-state index in [9.17, 15) is 15.3 Å². The van der Waals surface area contributed by atoms with Gasteiger partial charge < -0.3 is 20.1 Å². The van der Waals surface area contributed by atoms with Crippen LogP contribution in [0, 0.1) is 0 Å². The quantitative estimate of drug-likeness (QED) is 0.678. The molecular formula is C15H14O4. The molecular weight excluding hydrogens is 244 g/mol.